The van der Waals surface area contributed by atoms with E-state index in [0.717, 1.165) is 17.9 Å². The smallest absolute Gasteiger partial charge is 0.152 e. The molecule has 0 radical (unpaired) electrons. The molecule has 1 nitrogen and oxygen atoms in total. The van der Waals surface area contributed by atoms with Gasteiger partial charge in [-0.05, 0) is 36.1 Å². The fraction of sp³-hybridized carbons (Fsp3) is 0.571. The largest absolute Gasteiger partial charge is 0.376 e. The van der Waals surface area contributed by atoms with Crippen molar-refractivity contribution < 1.29 is 8.78 Å². The zero-order valence-corrected chi connectivity index (χ0v) is 11.8. The quantitative estimate of drug-likeness (QED) is 0.864. The third-order valence-corrected chi connectivity index (χ3v) is 4.78. The van der Waals surface area contributed by atoms with Crippen LogP contribution in [0, 0.1) is 24.0 Å². The molecule has 1 N–H and O–H groups in total. The van der Waals surface area contributed by atoms with E-state index in [2.05, 4.69) is 19.2 Å². The van der Waals surface area contributed by atoms with Crippen molar-refractivity contribution in [2.45, 2.75) is 33.2 Å². The highest BCUT2D eigenvalue weighted by molar-refractivity contribution is 7.99. The van der Waals surface area contributed by atoms with Crippen LogP contribution in [0.15, 0.2) is 12.1 Å². The maximum Gasteiger partial charge on any atom is 0.152 e. The van der Waals surface area contributed by atoms with Gasteiger partial charge in [0.15, 0.2) is 5.82 Å². The molecule has 0 aromatic heterocycles. The molecule has 100 valence electrons. The first kappa shape index (κ1) is 13.7. The molecule has 2 rings (SSSR count). The van der Waals surface area contributed by atoms with Gasteiger partial charge in [0, 0.05) is 11.8 Å². The van der Waals surface area contributed by atoms with Gasteiger partial charge in [0.1, 0.15) is 11.5 Å². The summed E-state index contributed by atoms with van der Waals surface area (Å²) in [6.07, 6.45) is 1.06. The predicted molar refractivity (Wildman–Crippen MR) is 74.2 cm³/mol. The van der Waals surface area contributed by atoms with Crippen LogP contribution in [0.4, 0.5) is 14.5 Å². The fourth-order valence-corrected chi connectivity index (χ4v) is 3.74. The van der Waals surface area contributed by atoms with Crippen molar-refractivity contribution in [1.29, 1.82) is 0 Å². The summed E-state index contributed by atoms with van der Waals surface area (Å²) in [4.78, 5) is 0. The molecular weight excluding hydrogens is 252 g/mol. The van der Waals surface area contributed by atoms with Crippen molar-refractivity contribution in [3.63, 3.8) is 0 Å². The minimum Gasteiger partial charge on any atom is -0.376 e. The lowest BCUT2D eigenvalue weighted by atomic mass is 9.82. The summed E-state index contributed by atoms with van der Waals surface area (Å²) >= 11 is 1.83. The third kappa shape index (κ3) is 2.63. The zero-order valence-electron chi connectivity index (χ0n) is 11.0. The summed E-state index contributed by atoms with van der Waals surface area (Å²) in [5, 5.41) is 3.08. The van der Waals surface area contributed by atoms with Gasteiger partial charge in [0.25, 0.3) is 0 Å². The average Bonchev–Trinajstić information content (AvgIpc) is 2.31. The van der Waals surface area contributed by atoms with Gasteiger partial charge in [-0.15, -0.1) is 0 Å². The molecule has 1 aromatic rings. The van der Waals surface area contributed by atoms with Gasteiger partial charge in [-0.2, -0.15) is 11.8 Å². The van der Waals surface area contributed by atoms with Crippen LogP contribution in [0.25, 0.3) is 0 Å². The fourth-order valence-electron chi connectivity index (χ4n) is 2.14. The molecular formula is C14H19F2NS. The minimum absolute atomic E-state index is 0.0237. The Bertz CT molecular complexity index is 446. The Hall–Kier alpha value is -0.770. The number of thioether (sulfide) groups is 1. The molecule has 1 aliphatic heterocycles. The Balaban J connectivity index is 2.26. The van der Waals surface area contributed by atoms with E-state index in [9.17, 15) is 8.78 Å². The number of aryl methyl sites for hydroxylation is 1. The molecule has 0 aliphatic carbocycles. The van der Waals surface area contributed by atoms with Gasteiger partial charge in [-0.3, -0.25) is 0 Å². The lowest BCUT2D eigenvalue weighted by Gasteiger charge is -2.39. The lowest BCUT2D eigenvalue weighted by Crippen LogP contribution is -2.42. The van der Waals surface area contributed by atoms with E-state index in [4.69, 9.17) is 0 Å². The maximum absolute atomic E-state index is 14.0. The molecule has 1 unspecified atom stereocenters. The van der Waals surface area contributed by atoms with Gasteiger partial charge < -0.3 is 5.32 Å². The van der Waals surface area contributed by atoms with Crippen LogP contribution in [0.3, 0.4) is 0 Å². The van der Waals surface area contributed by atoms with Crippen molar-refractivity contribution in [1.82, 2.24) is 0 Å². The second-order valence-corrected chi connectivity index (χ2v) is 6.71. The summed E-state index contributed by atoms with van der Waals surface area (Å²) in [7, 11) is 0. The average molecular weight is 271 g/mol. The third-order valence-electron chi connectivity index (χ3n) is 3.72. The van der Waals surface area contributed by atoms with Crippen LogP contribution in [-0.4, -0.2) is 17.5 Å². The van der Waals surface area contributed by atoms with E-state index < -0.39 is 11.6 Å². The number of hydrogen-bond donors (Lipinski definition) is 1. The van der Waals surface area contributed by atoms with E-state index >= 15 is 0 Å². The van der Waals surface area contributed by atoms with Crippen molar-refractivity contribution in [2.75, 3.05) is 16.8 Å². The Morgan fingerprint density at radius 2 is 2.06 bits per heavy atom. The first-order chi connectivity index (χ1) is 8.42. The first-order valence-electron chi connectivity index (χ1n) is 6.21. The molecule has 1 atom stereocenters. The molecule has 1 saturated heterocycles. The minimum atomic E-state index is -0.510. The van der Waals surface area contributed by atoms with Crippen LogP contribution in [0.2, 0.25) is 0 Å². The lowest BCUT2D eigenvalue weighted by molar-refractivity contribution is 0.303. The molecule has 0 spiro atoms. The Kier molecular flexibility index (Phi) is 3.85. The molecule has 4 heteroatoms. The number of hydrogen-bond acceptors (Lipinski definition) is 2. The van der Waals surface area contributed by atoms with Crippen LogP contribution in [0.1, 0.15) is 25.8 Å². The van der Waals surface area contributed by atoms with Crippen molar-refractivity contribution >= 4 is 17.4 Å². The number of halogens is 2. The zero-order chi connectivity index (χ0) is 13.3. The Morgan fingerprint density at radius 3 is 2.72 bits per heavy atom. The summed E-state index contributed by atoms with van der Waals surface area (Å²) in [5.74, 6) is 1.02. The van der Waals surface area contributed by atoms with Gasteiger partial charge >= 0.3 is 0 Å². The van der Waals surface area contributed by atoms with Gasteiger partial charge in [0.05, 0.1) is 0 Å². The van der Waals surface area contributed by atoms with Crippen LogP contribution < -0.4 is 5.32 Å². The highest BCUT2D eigenvalue weighted by Crippen LogP contribution is 2.37. The highest BCUT2D eigenvalue weighted by atomic mass is 32.2. The van der Waals surface area contributed by atoms with Crippen LogP contribution >= 0.6 is 11.8 Å². The number of rotatable bonds is 2. The summed E-state index contributed by atoms with van der Waals surface area (Å²) < 4.78 is 27.7. The van der Waals surface area contributed by atoms with Crippen molar-refractivity contribution in [3.05, 3.63) is 29.3 Å². The Labute approximate surface area is 111 Å². The summed E-state index contributed by atoms with van der Waals surface area (Å²) in [6, 6.07) is 2.89. The van der Waals surface area contributed by atoms with E-state index in [0.29, 0.717) is 5.56 Å². The van der Waals surface area contributed by atoms with Gasteiger partial charge in [0.2, 0.25) is 0 Å². The summed E-state index contributed by atoms with van der Waals surface area (Å²) in [5.41, 5.74) is 0.559. The monoisotopic (exact) mass is 271 g/mol. The first-order valence-corrected chi connectivity index (χ1v) is 7.36. The molecule has 1 aliphatic rings. The molecule has 0 amide bonds. The van der Waals surface area contributed by atoms with E-state index in [-0.39, 0.29) is 17.1 Å². The van der Waals surface area contributed by atoms with Crippen molar-refractivity contribution in [2.24, 2.45) is 5.41 Å². The molecule has 1 heterocycles. The topological polar surface area (TPSA) is 12.0 Å². The second-order valence-electron chi connectivity index (χ2n) is 5.56. The highest BCUT2D eigenvalue weighted by Gasteiger charge is 2.33. The SMILES string of the molecule is Cc1ccc(F)c(NC2CSCCC2(C)C)c1F. The van der Waals surface area contributed by atoms with Gasteiger partial charge in [-0.1, -0.05) is 19.9 Å². The predicted octanol–water partition coefficient (Wildman–Crippen LogP) is 4.22. The summed E-state index contributed by atoms with van der Waals surface area (Å²) in [6.45, 7) is 5.95. The number of benzene rings is 1. The van der Waals surface area contributed by atoms with Gasteiger partial charge in [-0.25, -0.2) is 8.78 Å². The molecule has 0 bridgehead atoms. The van der Waals surface area contributed by atoms with Crippen LogP contribution in [-0.2, 0) is 0 Å². The number of anilines is 1. The molecule has 1 aromatic carbocycles. The van der Waals surface area contributed by atoms with E-state index in [1.165, 1.54) is 12.1 Å². The van der Waals surface area contributed by atoms with E-state index in [1.807, 2.05) is 11.8 Å². The molecule has 0 saturated carbocycles. The maximum atomic E-state index is 14.0. The molecule has 18 heavy (non-hydrogen) atoms. The van der Waals surface area contributed by atoms with E-state index in [1.54, 1.807) is 6.92 Å². The van der Waals surface area contributed by atoms with Crippen LogP contribution in [0.5, 0.6) is 0 Å². The second kappa shape index (κ2) is 5.08. The number of nitrogens with one attached hydrogen (secondary N) is 1. The Morgan fingerprint density at radius 1 is 1.33 bits per heavy atom. The molecule has 1 fully saturated rings. The normalized spacial score (nSPS) is 22.8. The standard InChI is InChI=1S/C14H19F2NS/c1-9-4-5-10(15)13(12(9)16)17-11-8-18-7-6-14(11,2)3/h4-5,11,17H,6-8H2,1-3H3. The van der Waals surface area contributed by atoms with Crippen molar-refractivity contribution in [3.8, 4) is 0 Å².